The molecule has 2 heterocycles. The van der Waals surface area contributed by atoms with Crippen LogP contribution in [0.25, 0.3) is 0 Å². The van der Waals surface area contributed by atoms with Gasteiger partial charge in [-0.3, -0.25) is 4.68 Å². The summed E-state index contributed by atoms with van der Waals surface area (Å²) in [6, 6.07) is 3.65. The Balaban J connectivity index is 2.50. The second-order valence-electron chi connectivity index (χ2n) is 4.50. The molecule has 2 aromatic rings. The Kier molecular flexibility index (Phi) is 4.21. The van der Waals surface area contributed by atoms with Gasteiger partial charge in [-0.1, -0.05) is 6.07 Å². The van der Waals surface area contributed by atoms with E-state index in [1.54, 1.807) is 19.5 Å². The molecule has 0 amide bonds. The van der Waals surface area contributed by atoms with Gasteiger partial charge in [0.25, 0.3) is 0 Å². The Hall–Kier alpha value is -1.40. The molecular weight excluding hydrogens is 308 g/mol. The van der Waals surface area contributed by atoms with Gasteiger partial charge in [0, 0.05) is 17.8 Å². The zero-order valence-corrected chi connectivity index (χ0v) is 12.8. The molecule has 2 rings (SSSR count). The fourth-order valence-electron chi connectivity index (χ4n) is 2.01. The first kappa shape index (κ1) is 14.0. The molecule has 6 heteroatoms. The number of hydrogen-bond donors (Lipinski definition) is 1. The maximum absolute atomic E-state index is 6.37. The summed E-state index contributed by atoms with van der Waals surface area (Å²) in [5.41, 5.74) is 8.12. The average Bonchev–Trinajstić information content (AvgIpc) is 2.80. The van der Waals surface area contributed by atoms with E-state index in [9.17, 15) is 0 Å². The quantitative estimate of drug-likeness (QED) is 0.938. The van der Waals surface area contributed by atoms with Crippen LogP contribution in [0.5, 0.6) is 5.88 Å². The van der Waals surface area contributed by atoms with Gasteiger partial charge in [-0.2, -0.15) is 5.10 Å². The number of aromatic nitrogens is 3. The molecule has 1 atom stereocenters. The van der Waals surface area contributed by atoms with E-state index >= 15 is 0 Å². The highest BCUT2D eigenvalue weighted by Gasteiger charge is 2.22. The molecule has 0 aliphatic heterocycles. The van der Waals surface area contributed by atoms with Crippen molar-refractivity contribution in [1.29, 1.82) is 0 Å². The van der Waals surface area contributed by atoms with Crippen molar-refractivity contribution in [3.8, 4) is 5.88 Å². The maximum atomic E-state index is 6.37. The van der Waals surface area contributed by atoms with E-state index in [0.717, 1.165) is 15.7 Å². The van der Waals surface area contributed by atoms with Gasteiger partial charge in [-0.25, -0.2) is 4.98 Å². The van der Waals surface area contributed by atoms with Crippen LogP contribution in [-0.2, 0) is 0 Å². The summed E-state index contributed by atoms with van der Waals surface area (Å²) in [7, 11) is 1.59. The van der Waals surface area contributed by atoms with Gasteiger partial charge in [0.1, 0.15) is 0 Å². The largest absolute Gasteiger partial charge is 0.481 e. The number of methoxy groups -OCH3 is 1. The molecule has 102 valence electrons. The van der Waals surface area contributed by atoms with Crippen molar-refractivity contribution in [2.24, 2.45) is 5.73 Å². The van der Waals surface area contributed by atoms with Crippen LogP contribution in [0, 0.1) is 0 Å². The standard InChI is InChI=1S/C13H17BrN4O/c1-8(2)18-12(10(14)7-17-18)11(15)9-5-4-6-16-13(9)19-3/h4-8,11H,15H2,1-3H3. The molecule has 2 aromatic heterocycles. The Morgan fingerprint density at radius 2 is 2.16 bits per heavy atom. The highest BCUT2D eigenvalue weighted by atomic mass is 79.9. The van der Waals surface area contributed by atoms with Crippen LogP contribution in [0.3, 0.4) is 0 Å². The van der Waals surface area contributed by atoms with Gasteiger partial charge in [-0.15, -0.1) is 0 Å². The lowest BCUT2D eigenvalue weighted by Crippen LogP contribution is -2.20. The molecular formula is C13H17BrN4O. The molecule has 0 saturated carbocycles. The minimum absolute atomic E-state index is 0.231. The summed E-state index contributed by atoms with van der Waals surface area (Å²) in [5.74, 6) is 0.540. The van der Waals surface area contributed by atoms with Gasteiger partial charge in [0.05, 0.1) is 29.5 Å². The third-order valence-corrected chi connectivity index (χ3v) is 3.51. The highest BCUT2D eigenvalue weighted by molar-refractivity contribution is 9.10. The van der Waals surface area contributed by atoms with Crippen LogP contribution >= 0.6 is 15.9 Å². The summed E-state index contributed by atoms with van der Waals surface area (Å²) in [6.07, 6.45) is 3.45. The molecule has 1 unspecified atom stereocenters. The van der Waals surface area contributed by atoms with Crippen molar-refractivity contribution >= 4 is 15.9 Å². The molecule has 2 N–H and O–H groups in total. The lowest BCUT2D eigenvalue weighted by molar-refractivity contribution is 0.388. The number of nitrogens with two attached hydrogens (primary N) is 1. The monoisotopic (exact) mass is 324 g/mol. The topological polar surface area (TPSA) is 66.0 Å². The summed E-state index contributed by atoms with van der Waals surface area (Å²) in [6.45, 7) is 4.13. The predicted molar refractivity (Wildman–Crippen MR) is 77.1 cm³/mol. The molecule has 0 bridgehead atoms. The third kappa shape index (κ3) is 2.64. The molecule has 19 heavy (non-hydrogen) atoms. The summed E-state index contributed by atoms with van der Waals surface area (Å²) >= 11 is 3.51. The molecule has 0 saturated heterocycles. The first-order valence-corrected chi connectivity index (χ1v) is 6.83. The number of hydrogen-bond acceptors (Lipinski definition) is 4. The fourth-order valence-corrected chi connectivity index (χ4v) is 2.53. The lowest BCUT2D eigenvalue weighted by Gasteiger charge is -2.19. The van der Waals surface area contributed by atoms with Crippen molar-refractivity contribution in [2.75, 3.05) is 7.11 Å². The van der Waals surface area contributed by atoms with Crippen molar-refractivity contribution in [3.63, 3.8) is 0 Å². The van der Waals surface area contributed by atoms with Crippen LogP contribution in [-0.4, -0.2) is 21.9 Å². The number of pyridine rings is 1. The summed E-state index contributed by atoms with van der Waals surface area (Å²) in [4.78, 5) is 4.19. The van der Waals surface area contributed by atoms with Gasteiger partial charge < -0.3 is 10.5 Å². The zero-order chi connectivity index (χ0) is 14.0. The fraction of sp³-hybridized carbons (Fsp3) is 0.385. The van der Waals surface area contributed by atoms with E-state index in [1.807, 2.05) is 16.8 Å². The van der Waals surface area contributed by atoms with E-state index in [0.29, 0.717) is 5.88 Å². The minimum Gasteiger partial charge on any atom is -0.481 e. The van der Waals surface area contributed by atoms with Gasteiger partial charge in [0.2, 0.25) is 5.88 Å². The Bertz CT molecular complexity index is 568. The normalized spacial score (nSPS) is 12.7. The van der Waals surface area contributed by atoms with Gasteiger partial charge >= 0.3 is 0 Å². The van der Waals surface area contributed by atoms with Crippen molar-refractivity contribution in [2.45, 2.75) is 25.9 Å². The SMILES string of the molecule is COc1ncccc1C(N)c1c(Br)cnn1C(C)C. The average molecular weight is 325 g/mol. The van der Waals surface area contributed by atoms with Crippen molar-refractivity contribution in [3.05, 3.63) is 40.3 Å². The Morgan fingerprint density at radius 3 is 2.79 bits per heavy atom. The van der Waals surface area contributed by atoms with Gasteiger partial charge in [0.15, 0.2) is 0 Å². The zero-order valence-electron chi connectivity index (χ0n) is 11.2. The first-order chi connectivity index (χ1) is 9.06. The second kappa shape index (κ2) is 5.71. The van der Waals surface area contributed by atoms with E-state index in [1.165, 1.54) is 0 Å². The Morgan fingerprint density at radius 1 is 1.42 bits per heavy atom. The van der Waals surface area contributed by atoms with E-state index in [-0.39, 0.29) is 12.1 Å². The third-order valence-electron chi connectivity index (χ3n) is 2.90. The highest BCUT2D eigenvalue weighted by Crippen LogP contribution is 2.32. The smallest absolute Gasteiger partial charge is 0.218 e. The predicted octanol–water partition coefficient (Wildman–Crippen LogP) is 2.68. The van der Waals surface area contributed by atoms with Crippen LogP contribution in [0.2, 0.25) is 0 Å². The maximum Gasteiger partial charge on any atom is 0.218 e. The lowest BCUT2D eigenvalue weighted by atomic mass is 10.1. The van der Waals surface area contributed by atoms with Crippen LogP contribution in [0.4, 0.5) is 0 Å². The molecule has 0 spiro atoms. The van der Waals surface area contributed by atoms with Crippen LogP contribution < -0.4 is 10.5 Å². The van der Waals surface area contributed by atoms with E-state index in [4.69, 9.17) is 10.5 Å². The second-order valence-corrected chi connectivity index (χ2v) is 5.35. The molecule has 5 nitrogen and oxygen atoms in total. The number of nitrogens with zero attached hydrogens (tertiary/aromatic N) is 3. The Labute approximate surface area is 120 Å². The van der Waals surface area contributed by atoms with Crippen LogP contribution in [0.1, 0.15) is 37.2 Å². The van der Waals surface area contributed by atoms with Gasteiger partial charge in [-0.05, 0) is 35.8 Å². The molecule has 0 aromatic carbocycles. The minimum atomic E-state index is -0.345. The molecule has 0 fully saturated rings. The first-order valence-electron chi connectivity index (χ1n) is 6.03. The van der Waals surface area contributed by atoms with Crippen molar-refractivity contribution in [1.82, 2.24) is 14.8 Å². The van der Waals surface area contributed by atoms with E-state index in [2.05, 4.69) is 39.9 Å². The summed E-state index contributed by atoms with van der Waals surface area (Å²) in [5, 5.41) is 4.35. The van der Waals surface area contributed by atoms with E-state index < -0.39 is 0 Å². The molecule has 0 aliphatic carbocycles. The van der Waals surface area contributed by atoms with Crippen LogP contribution in [0.15, 0.2) is 29.0 Å². The summed E-state index contributed by atoms with van der Waals surface area (Å²) < 4.78 is 8.06. The van der Waals surface area contributed by atoms with Crippen molar-refractivity contribution < 1.29 is 4.74 Å². The molecule has 0 radical (unpaired) electrons. The number of halogens is 1. The number of ether oxygens (including phenoxy) is 1. The number of rotatable bonds is 4. The molecule has 0 aliphatic rings.